The fourth-order valence-corrected chi connectivity index (χ4v) is 2.60. The zero-order valence-corrected chi connectivity index (χ0v) is 11.5. The van der Waals surface area contributed by atoms with Crippen molar-refractivity contribution in [1.82, 2.24) is 20.4 Å². The van der Waals surface area contributed by atoms with E-state index in [2.05, 4.69) is 15.5 Å². The van der Waals surface area contributed by atoms with Crippen LogP contribution in [-0.2, 0) is 0 Å². The Morgan fingerprint density at radius 3 is 2.85 bits per heavy atom. The number of aromatic amines is 1. The van der Waals surface area contributed by atoms with Gasteiger partial charge in [0.15, 0.2) is 0 Å². The third-order valence-corrected chi connectivity index (χ3v) is 3.83. The van der Waals surface area contributed by atoms with Crippen LogP contribution in [0.15, 0.2) is 36.5 Å². The highest BCUT2D eigenvalue weighted by Gasteiger charge is 2.26. The Hall–Kier alpha value is -2.14. The van der Waals surface area contributed by atoms with Crippen LogP contribution < -0.4 is 5.32 Å². The predicted molar refractivity (Wildman–Crippen MR) is 77.4 cm³/mol. The number of amides is 1. The second-order valence-corrected chi connectivity index (χ2v) is 5.09. The fourth-order valence-electron chi connectivity index (χ4n) is 2.60. The zero-order chi connectivity index (χ0) is 13.9. The van der Waals surface area contributed by atoms with E-state index < -0.39 is 0 Å². The van der Waals surface area contributed by atoms with Gasteiger partial charge in [-0.2, -0.15) is 5.10 Å². The maximum atomic E-state index is 12.6. The number of H-pyrrole nitrogens is 1. The maximum absolute atomic E-state index is 12.6. The van der Waals surface area contributed by atoms with Crippen molar-refractivity contribution >= 4 is 5.91 Å². The van der Waals surface area contributed by atoms with Crippen LogP contribution in [0.25, 0.3) is 11.3 Å². The number of rotatable bonds is 3. The van der Waals surface area contributed by atoms with Crippen molar-refractivity contribution in [1.29, 1.82) is 0 Å². The highest BCUT2D eigenvalue weighted by atomic mass is 16.2. The molecule has 0 saturated carbocycles. The second kappa shape index (κ2) is 5.46. The van der Waals surface area contributed by atoms with Gasteiger partial charge in [-0.05, 0) is 13.0 Å². The van der Waals surface area contributed by atoms with Crippen molar-refractivity contribution in [3.63, 3.8) is 0 Å². The standard InChI is InChI=1S/C15H18N4O/c1-19(12-7-8-16-9-12)15(20)13-10-17-18-14(13)11-5-3-2-4-6-11/h2-6,10,12,16H,7-9H2,1H3,(H,17,18). The van der Waals surface area contributed by atoms with Crippen molar-refractivity contribution in [2.24, 2.45) is 0 Å². The average Bonchev–Trinajstić information content (AvgIpc) is 3.17. The molecule has 3 rings (SSSR count). The minimum Gasteiger partial charge on any atom is -0.337 e. The molecule has 1 atom stereocenters. The van der Waals surface area contributed by atoms with E-state index in [0.717, 1.165) is 30.8 Å². The largest absolute Gasteiger partial charge is 0.337 e. The molecule has 104 valence electrons. The lowest BCUT2D eigenvalue weighted by Crippen LogP contribution is -2.38. The first-order chi connectivity index (χ1) is 9.77. The van der Waals surface area contributed by atoms with Crippen LogP contribution >= 0.6 is 0 Å². The molecule has 20 heavy (non-hydrogen) atoms. The molecule has 0 aliphatic carbocycles. The van der Waals surface area contributed by atoms with E-state index in [1.165, 1.54) is 0 Å². The number of carbonyl (C=O) groups is 1. The van der Waals surface area contributed by atoms with E-state index >= 15 is 0 Å². The molecule has 0 spiro atoms. The molecule has 1 saturated heterocycles. The molecule has 5 nitrogen and oxygen atoms in total. The Morgan fingerprint density at radius 2 is 2.15 bits per heavy atom. The van der Waals surface area contributed by atoms with Crippen LogP contribution in [-0.4, -0.2) is 47.2 Å². The van der Waals surface area contributed by atoms with Crippen LogP contribution in [0.2, 0.25) is 0 Å². The number of nitrogens with one attached hydrogen (secondary N) is 2. The molecule has 1 fully saturated rings. The molecule has 1 aliphatic heterocycles. The van der Waals surface area contributed by atoms with Gasteiger partial charge < -0.3 is 10.2 Å². The highest BCUT2D eigenvalue weighted by molar-refractivity contribution is 5.99. The lowest BCUT2D eigenvalue weighted by molar-refractivity contribution is 0.0744. The molecule has 0 bridgehead atoms. The molecular weight excluding hydrogens is 252 g/mol. The van der Waals surface area contributed by atoms with Gasteiger partial charge >= 0.3 is 0 Å². The Balaban J connectivity index is 1.87. The number of aromatic nitrogens is 2. The minimum atomic E-state index is 0.0197. The summed E-state index contributed by atoms with van der Waals surface area (Å²) in [5.41, 5.74) is 2.39. The normalized spacial score (nSPS) is 18.1. The van der Waals surface area contributed by atoms with Crippen molar-refractivity contribution in [2.75, 3.05) is 20.1 Å². The van der Waals surface area contributed by atoms with E-state index in [-0.39, 0.29) is 11.9 Å². The first kappa shape index (κ1) is 12.9. The number of carbonyl (C=O) groups excluding carboxylic acids is 1. The Labute approximate surface area is 118 Å². The van der Waals surface area contributed by atoms with Crippen LogP contribution in [0.3, 0.4) is 0 Å². The second-order valence-electron chi connectivity index (χ2n) is 5.09. The van der Waals surface area contributed by atoms with Gasteiger partial charge in [0.1, 0.15) is 0 Å². The van der Waals surface area contributed by atoms with E-state index in [1.807, 2.05) is 42.3 Å². The van der Waals surface area contributed by atoms with Crippen molar-refractivity contribution in [3.05, 3.63) is 42.1 Å². The zero-order valence-electron chi connectivity index (χ0n) is 11.5. The van der Waals surface area contributed by atoms with Crippen LogP contribution in [0.4, 0.5) is 0 Å². The Morgan fingerprint density at radius 1 is 1.35 bits per heavy atom. The molecule has 1 aromatic carbocycles. The topological polar surface area (TPSA) is 61.0 Å². The van der Waals surface area contributed by atoms with E-state index in [9.17, 15) is 4.79 Å². The van der Waals surface area contributed by atoms with Gasteiger partial charge in [0.25, 0.3) is 5.91 Å². The van der Waals surface area contributed by atoms with Gasteiger partial charge in [0.05, 0.1) is 17.5 Å². The summed E-state index contributed by atoms with van der Waals surface area (Å²) in [7, 11) is 1.86. The lowest BCUT2D eigenvalue weighted by Gasteiger charge is -2.23. The molecule has 2 N–H and O–H groups in total. The fraction of sp³-hybridized carbons (Fsp3) is 0.333. The monoisotopic (exact) mass is 270 g/mol. The minimum absolute atomic E-state index is 0.0197. The predicted octanol–water partition coefficient (Wildman–Crippen LogP) is 1.51. The number of hydrogen-bond donors (Lipinski definition) is 2. The number of nitrogens with zero attached hydrogens (tertiary/aromatic N) is 2. The van der Waals surface area contributed by atoms with Gasteiger partial charge in [0, 0.05) is 25.2 Å². The van der Waals surface area contributed by atoms with Crippen molar-refractivity contribution in [3.8, 4) is 11.3 Å². The van der Waals surface area contributed by atoms with Crippen LogP contribution in [0, 0.1) is 0 Å². The average molecular weight is 270 g/mol. The van der Waals surface area contributed by atoms with Gasteiger partial charge in [-0.15, -0.1) is 0 Å². The first-order valence-electron chi connectivity index (χ1n) is 6.84. The van der Waals surface area contributed by atoms with Crippen LogP contribution in [0.5, 0.6) is 0 Å². The van der Waals surface area contributed by atoms with Crippen LogP contribution in [0.1, 0.15) is 16.8 Å². The summed E-state index contributed by atoms with van der Waals surface area (Å²) in [4.78, 5) is 14.4. The summed E-state index contributed by atoms with van der Waals surface area (Å²) in [6.45, 7) is 1.83. The molecule has 1 unspecified atom stereocenters. The summed E-state index contributed by atoms with van der Waals surface area (Å²) < 4.78 is 0. The molecular formula is C15H18N4O. The molecule has 1 aromatic heterocycles. The summed E-state index contributed by atoms with van der Waals surface area (Å²) in [5, 5.41) is 10.3. The maximum Gasteiger partial charge on any atom is 0.257 e. The van der Waals surface area contributed by atoms with Gasteiger partial charge in [-0.25, -0.2) is 0 Å². The van der Waals surface area contributed by atoms with Gasteiger partial charge in [-0.3, -0.25) is 9.89 Å². The highest BCUT2D eigenvalue weighted by Crippen LogP contribution is 2.22. The third-order valence-electron chi connectivity index (χ3n) is 3.83. The van der Waals surface area contributed by atoms with Gasteiger partial charge in [0.2, 0.25) is 0 Å². The molecule has 2 aromatic rings. The van der Waals surface area contributed by atoms with Crippen molar-refractivity contribution < 1.29 is 4.79 Å². The Bertz CT molecular complexity index is 587. The SMILES string of the molecule is CN(C(=O)c1cn[nH]c1-c1ccccc1)C1CCNC1. The summed E-state index contributed by atoms with van der Waals surface area (Å²) in [6.07, 6.45) is 2.62. The molecule has 2 heterocycles. The first-order valence-corrected chi connectivity index (χ1v) is 6.84. The van der Waals surface area contributed by atoms with Crippen molar-refractivity contribution in [2.45, 2.75) is 12.5 Å². The quantitative estimate of drug-likeness (QED) is 0.888. The lowest BCUT2D eigenvalue weighted by atomic mass is 10.1. The molecule has 5 heteroatoms. The molecule has 1 aliphatic rings. The third kappa shape index (κ3) is 2.32. The van der Waals surface area contributed by atoms with E-state index in [0.29, 0.717) is 5.56 Å². The molecule has 0 radical (unpaired) electrons. The summed E-state index contributed by atoms with van der Waals surface area (Å²) in [6, 6.07) is 10.1. The summed E-state index contributed by atoms with van der Waals surface area (Å²) >= 11 is 0. The van der Waals surface area contributed by atoms with E-state index in [1.54, 1.807) is 6.20 Å². The van der Waals surface area contributed by atoms with E-state index in [4.69, 9.17) is 0 Å². The number of benzene rings is 1. The van der Waals surface area contributed by atoms with Gasteiger partial charge in [-0.1, -0.05) is 30.3 Å². The summed E-state index contributed by atoms with van der Waals surface area (Å²) in [5.74, 6) is 0.0197. The number of hydrogen-bond acceptors (Lipinski definition) is 3. The molecule has 1 amide bonds. The Kier molecular flexibility index (Phi) is 3.52. The number of likely N-dealkylation sites (N-methyl/N-ethyl adjacent to an activating group) is 1. The smallest absolute Gasteiger partial charge is 0.257 e.